The average Bonchev–Trinajstić information content (AvgIpc) is 3.18. The Hall–Kier alpha value is -1.79. The summed E-state index contributed by atoms with van der Waals surface area (Å²) in [5, 5.41) is 9.05. The zero-order chi connectivity index (χ0) is 17.6. The second kappa shape index (κ2) is 8.54. The third kappa shape index (κ3) is 4.44. The number of hydrogen-bond donors (Lipinski definition) is 1. The predicted molar refractivity (Wildman–Crippen MR) is 95.3 cm³/mol. The van der Waals surface area contributed by atoms with Gasteiger partial charge in [0.15, 0.2) is 0 Å². The van der Waals surface area contributed by atoms with Gasteiger partial charge in [0.2, 0.25) is 0 Å². The van der Waals surface area contributed by atoms with Crippen molar-refractivity contribution < 1.29 is 19.4 Å². The summed E-state index contributed by atoms with van der Waals surface area (Å²) in [6, 6.07) is 5.46. The highest BCUT2D eigenvalue weighted by Gasteiger charge is 2.26. The number of piperidine rings is 1. The Balaban J connectivity index is 1.71. The molecule has 0 atom stereocenters. The Kier molecular flexibility index (Phi) is 6.15. The van der Waals surface area contributed by atoms with Gasteiger partial charge in [-0.15, -0.1) is 0 Å². The summed E-state index contributed by atoms with van der Waals surface area (Å²) >= 11 is 0. The molecule has 0 unspecified atom stereocenters. The first kappa shape index (κ1) is 18.0. The first-order chi connectivity index (χ1) is 12.2. The number of methoxy groups -OCH3 is 1. The van der Waals surface area contributed by atoms with Gasteiger partial charge in [0, 0.05) is 38.8 Å². The lowest BCUT2D eigenvalue weighted by atomic mass is 10.1. The van der Waals surface area contributed by atoms with Gasteiger partial charge in [-0.3, -0.25) is 4.79 Å². The van der Waals surface area contributed by atoms with Gasteiger partial charge in [-0.05, 0) is 37.8 Å². The molecular formula is C19H28N2O4. The van der Waals surface area contributed by atoms with Crippen LogP contribution in [0.25, 0.3) is 0 Å². The molecule has 0 radical (unpaired) electrons. The lowest BCUT2D eigenvalue weighted by molar-refractivity contribution is 0.0754. The zero-order valence-corrected chi connectivity index (χ0v) is 14.9. The molecule has 0 aromatic heterocycles. The monoisotopic (exact) mass is 348 g/mol. The van der Waals surface area contributed by atoms with E-state index in [1.807, 2.05) is 23.1 Å². The van der Waals surface area contributed by atoms with E-state index in [1.165, 1.54) is 0 Å². The molecule has 0 bridgehead atoms. The maximum Gasteiger partial charge on any atom is 0.257 e. The summed E-state index contributed by atoms with van der Waals surface area (Å²) in [4.78, 5) is 17.0. The minimum Gasteiger partial charge on any atom is -0.497 e. The van der Waals surface area contributed by atoms with Crippen molar-refractivity contribution in [1.82, 2.24) is 9.80 Å². The van der Waals surface area contributed by atoms with Crippen LogP contribution in [0.1, 0.15) is 36.0 Å². The average molecular weight is 348 g/mol. The van der Waals surface area contributed by atoms with Crippen molar-refractivity contribution in [2.24, 2.45) is 0 Å². The summed E-state index contributed by atoms with van der Waals surface area (Å²) in [5.41, 5.74) is 0.625. The van der Waals surface area contributed by atoms with E-state index in [0.717, 1.165) is 51.9 Å². The minimum absolute atomic E-state index is 0.0490. The van der Waals surface area contributed by atoms with E-state index in [9.17, 15) is 4.79 Å². The highest BCUT2D eigenvalue weighted by molar-refractivity contribution is 5.97. The van der Waals surface area contributed by atoms with E-state index in [-0.39, 0.29) is 18.6 Å². The fourth-order valence-corrected chi connectivity index (χ4v) is 3.57. The second-order valence-corrected chi connectivity index (χ2v) is 6.74. The SMILES string of the molecule is COc1ccc(C(=O)N2CCCC2)c(OC2CCN(CCO)CC2)c1. The molecule has 6 nitrogen and oxygen atoms in total. The van der Waals surface area contributed by atoms with E-state index in [2.05, 4.69) is 4.90 Å². The number of aliphatic hydroxyl groups is 1. The van der Waals surface area contributed by atoms with E-state index in [1.54, 1.807) is 7.11 Å². The van der Waals surface area contributed by atoms with Crippen LogP contribution in [0.5, 0.6) is 11.5 Å². The van der Waals surface area contributed by atoms with E-state index < -0.39 is 0 Å². The lowest BCUT2D eigenvalue weighted by Crippen LogP contribution is -2.39. The maximum absolute atomic E-state index is 12.8. The van der Waals surface area contributed by atoms with Gasteiger partial charge in [0.05, 0.1) is 19.3 Å². The van der Waals surface area contributed by atoms with Crippen LogP contribution in [0.15, 0.2) is 18.2 Å². The Bertz CT molecular complexity index is 579. The van der Waals surface area contributed by atoms with Crippen molar-refractivity contribution in [3.05, 3.63) is 23.8 Å². The summed E-state index contributed by atoms with van der Waals surface area (Å²) in [6.45, 7) is 4.36. The minimum atomic E-state index is 0.0490. The number of rotatable bonds is 6. The van der Waals surface area contributed by atoms with Crippen LogP contribution in [0.4, 0.5) is 0 Å². The molecule has 2 heterocycles. The van der Waals surface area contributed by atoms with Gasteiger partial charge in [0.25, 0.3) is 5.91 Å². The standard InChI is InChI=1S/C19H28N2O4/c1-24-16-4-5-17(19(23)21-8-2-3-9-21)18(14-16)25-15-6-10-20(11-7-15)12-13-22/h4-5,14-15,22H,2-3,6-13H2,1H3. The van der Waals surface area contributed by atoms with Gasteiger partial charge in [0.1, 0.15) is 17.6 Å². The molecule has 2 saturated heterocycles. The third-order valence-corrected chi connectivity index (χ3v) is 5.06. The Morgan fingerprint density at radius 2 is 1.92 bits per heavy atom. The van der Waals surface area contributed by atoms with Crippen molar-refractivity contribution in [2.45, 2.75) is 31.8 Å². The molecule has 2 aliphatic rings. The Labute approximate surface area is 149 Å². The van der Waals surface area contributed by atoms with Crippen molar-refractivity contribution in [3.63, 3.8) is 0 Å². The summed E-state index contributed by atoms with van der Waals surface area (Å²) in [5.74, 6) is 1.37. The maximum atomic E-state index is 12.8. The van der Waals surface area contributed by atoms with Gasteiger partial charge in [-0.25, -0.2) is 0 Å². The fraction of sp³-hybridized carbons (Fsp3) is 0.632. The molecule has 138 valence electrons. The quantitative estimate of drug-likeness (QED) is 0.849. The van der Waals surface area contributed by atoms with Crippen molar-refractivity contribution in [1.29, 1.82) is 0 Å². The summed E-state index contributed by atoms with van der Waals surface area (Å²) in [6.07, 6.45) is 4.03. The van der Waals surface area contributed by atoms with Crippen LogP contribution in [0, 0.1) is 0 Å². The number of β-amino-alcohol motifs (C(OH)–C–C–N with tert-alkyl or cyclic N) is 1. The smallest absolute Gasteiger partial charge is 0.257 e. The van der Waals surface area contributed by atoms with Crippen molar-refractivity contribution in [2.75, 3.05) is 46.4 Å². The van der Waals surface area contributed by atoms with Crippen LogP contribution in [-0.4, -0.2) is 73.4 Å². The molecule has 2 fully saturated rings. The molecule has 1 amide bonds. The van der Waals surface area contributed by atoms with Crippen LogP contribution in [-0.2, 0) is 0 Å². The third-order valence-electron chi connectivity index (χ3n) is 5.06. The van der Waals surface area contributed by atoms with Crippen LogP contribution in [0.3, 0.4) is 0 Å². The number of nitrogens with zero attached hydrogens (tertiary/aromatic N) is 2. The normalized spacial score (nSPS) is 19.2. The van der Waals surface area contributed by atoms with Gasteiger partial charge >= 0.3 is 0 Å². The second-order valence-electron chi connectivity index (χ2n) is 6.74. The van der Waals surface area contributed by atoms with Gasteiger partial charge in [-0.1, -0.05) is 0 Å². The molecular weight excluding hydrogens is 320 g/mol. The predicted octanol–water partition coefficient (Wildman–Crippen LogP) is 1.77. The molecule has 3 rings (SSSR count). The zero-order valence-electron chi connectivity index (χ0n) is 14.9. The van der Waals surface area contributed by atoms with E-state index in [0.29, 0.717) is 23.6 Å². The number of benzene rings is 1. The fourth-order valence-electron chi connectivity index (χ4n) is 3.57. The summed E-state index contributed by atoms with van der Waals surface area (Å²) in [7, 11) is 1.62. The number of carbonyl (C=O) groups excluding carboxylic acids is 1. The van der Waals surface area contributed by atoms with Crippen molar-refractivity contribution >= 4 is 5.91 Å². The number of carbonyl (C=O) groups is 1. The molecule has 0 spiro atoms. The Morgan fingerprint density at radius 1 is 1.20 bits per heavy atom. The topological polar surface area (TPSA) is 62.2 Å². The summed E-state index contributed by atoms with van der Waals surface area (Å²) < 4.78 is 11.5. The number of hydrogen-bond acceptors (Lipinski definition) is 5. The molecule has 1 aromatic rings. The largest absolute Gasteiger partial charge is 0.497 e. The number of ether oxygens (including phenoxy) is 2. The first-order valence-electron chi connectivity index (χ1n) is 9.18. The van der Waals surface area contributed by atoms with Crippen LogP contribution < -0.4 is 9.47 Å². The Morgan fingerprint density at radius 3 is 2.56 bits per heavy atom. The highest BCUT2D eigenvalue weighted by Crippen LogP contribution is 2.29. The first-order valence-corrected chi connectivity index (χ1v) is 9.18. The van der Waals surface area contributed by atoms with Gasteiger partial charge in [-0.2, -0.15) is 0 Å². The van der Waals surface area contributed by atoms with Crippen LogP contribution in [0.2, 0.25) is 0 Å². The van der Waals surface area contributed by atoms with Crippen molar-refractivity contribution in [3.8, 4) is 11.5 Å². The van der Waals surface area contributed by atoms with Crippen LogP contribution >= 0.6 is 0 Å². The van der Waals surface area contributed by atoms with E-state index in [4.69, 9.17) is 14.6 Å². The molecule has 0 saturated carbocycles. The molecule has 1 N–H and O–H groups in total. The number of likely N-dealkylation sites (tertiary alicyclic amines) is 2. The number of aliphatic hydroxyl groups excluding tert-OH is 1. The highest BCUT2D eigenvalue weighted by atomic mass is 16.5. The molecule has 0 aliphatic carbocycles. The molecule has 6 heteroatoms. The number of amides is 1. The molecule has 1 aromatic carbocycles. The van der Waals surface area contributed by atoms with Gasteiger partial charge < -0.3 is 24.4 Å². The molecule has 25 heavy (non-hydrogen) atoms. The van der Waals surface area contributed by atoms with E-state index >= 15 is 0 Å². The lowest BCUT2D eigenvalue weighted by Gasteiger charge is -2.32. The molecule has 2 aliphatic heterocycles.